The predicted molar refractivity (Wildman–Crippen MR) is 88.4 cm³/mol. The number of carbonyl (C=O) groups excluding carboxylic acids is 1. The fourth-order valence-electron chi connectivity index (χ4n) is 2.04. The molecule has 24 heavy (non-hydrogen) atoms. The van der Waals surface area contributed by atoms with Crippen molar-refractivity contribution >= 4 is 15.9 Å². The molecule has 128 valence electrons. The summed E-state index contributed by atoms with van der Waals surface area (Å²) in [5.41, 5.74) is 1.33. The van der Waals surface area contributed by atoms with Crippen LogP contribution in [0.3, 0.4) is 0 Å². The van der Waals surface area contributed by atoms with Crippen molar-refractivity contribution in [1.29, 1.82) is 0 Å². The van der Waals surface area contributed by atoms with Crippen LogP contribution in [0.25, 0.3) is 0 Å². The maximum absolute atomic E-state index is 13.5. The lowest BCUT2D eigenvalue weighted by molar-refractivity contribution is 0.0953. The number of benzene rings is 1. The quantitative estimate of drug-likeness (QED) is 0.786. The van der Waals surface area contributed by atoms with E-state index in [1.807, 2.05) is 0 Å². The lowest BCUT2D eigenvalue weighted by Crippen LogP contribution is -2.26. The van der Waals surface area contributed by atoms with Gasteiger partial charge in [-0.25, -0.2) is 17.5 Å². The molecule has 8 heteroatoms. The molecule has 0 bridgehead atoms. The molecule has 1 amide bonds. The van der Waals surface area contributed by atoms with Crippen LogP contribution in [-0.4, -0.2) is 32.1 Å². The molecule has 0 saturated heterocycles. The number of hydrogen-bond acceptors (Lipinski definition) is 4. The molecule has 2 N–H and O–H groups in total. The van der Waals surface area contributed by atoms with Gasteiger partial charge in [-0.1, -0.05) is 18.2 Å². The molecule has 1 aromatic heterocycles. The normalized spacial score (nSPS) is 11.2. The van der Waals surface area contributed by atoms with Gasteiger partial charge in [0.2, 0.25) is 10.0 Å². The zero-order chi connectivity index (χ0) is 17.6. The molecular formula is C16H18FN3O3S. The maximum Gasteiger partial charge on any atom is 0.251 e. The van der Waals surface area contributed by atoms with E-state index in [9.17, 15) is 17.6 Å². The van der Waals surface area contributed by atoms with Crippen LogP contribution in [0.15, 0.2) is 42.6 Å². The summed E-state index contributed by atoms with van der Waals surface area (Å²) in [6.45, 7) is 0.300. The minimum atomic E-state index is -3.33. The summed E-state index contributed by atoms with van der Waals surface area (Å²) >= 11 is 0. The average Bonchev–Trinajstić information content (AvgIpc) is 2.54. The van der Waals surface area contributed by atoms with Crippen molar-refractivity contribution in [3.05, 3.63) is 65.2 Å². The first-order chi connectivity index (χ1) is 11.3. The fourth-order valence-corrected chi connectivity index (χ4v) is 2.45. The van der Waals surface area contributed by atoms with E-state index >= 15 is 0 Å². The Bertz CT molecular complexity index is 825. The number of halogens is 1. The Hall–Kier alpha value is -2.32. The third kappa shape index (κ3) is 5.71. The van der Waals surface area contributed by atoms with Crippen molar-refractivity contribution in [2.45, 2.75) is 13.0 Å². The SMILES string of the molecule is CS(=O)(=O)NCc1cc(C(=O)NCCc2ccccc2F)ccn1. The summed E-state index contributed by atoms with van der Waals surface area (Å²) in [7, 11) is -3.33. The Morgan fingerprint density at radius 3 is 2.71 bits per heavy atom. The van der Waals surface area contributed by atoms with E-state index in [1.54, 1.807) is 18.2 Å². The van der Waals surface area contributed by atoms with E-state index < -0.39 is 10.0 Å². The highest BCUT2D eigenvalue weighted by atomic mass is 32.2. The number of aromatic nitrogens is 1. The minimum absolute atomic E-state index is 0.00911. The predicted octanol–water partition coefficient (Wildman–Crippen LogP) is 1.24. The van der Waals surface area contributed by atoms with Gasteiger partial charge < -0.3 is 5.32 Å². The van der Waals surface area contributed by atoms with Gasteiger partial charge in [0.25, 0.3) is 5.91 Å². The molecule has 0 saturated carbocycles. The average molecular weight is 351 g/mol. The van der Waals surface area contributed by atoms with Gasteiger partial charge in [-0.05, 0) is 30.2 Å². The van der Waals surface area contributed by atoms with Gasteiger partial charge in [0.1, 0.15) is 5.82 Å². The topological polar surface area (TPSA) is 88.2 Å². The lowest BCUT2D eigenvalue weighted by atomic mass is 10.1. The first-order valence-electron chi connectivity index (χ1n) is 7.26. The number of amides is 1. The Morgan fingerprint density at radius 1 is 1.25 bits per heavy atom. The molecule has 0 aliphatic rings. The van der Waals surface area contributed by atoms with Crippen LogP contribution >= 0.6 is 0 Å². The van der Waals surface area contributed by atoms with E-state index in [-0.39, 0.29) is 18.3 Å². The Morgan fingerprint density at radius 2 is 2.00 bits per heavy atom. The molecule has 0 aliphatic heterocycles. The summed E-state index contributed by atoms with van der Waals surface area (Å²) in [5.74, 6) is -0.626. The molecule has 0 radical (unpaired) electrons. The summed E-state index contributed by atoms with van der Waals surface area (Å²) in [4.78, 5) is 16.1. The van der Waals surface area contributed by atoms with E-state index in [1.165, 1.54) is 24.4 Å². The van der Waals surface area contributed by atoms with Gasteiger partial charge in [0.05, 0.1) is 18.5 Å². The molecule has 0 aliphatic carbocycles. The second-order valence-electron chi connectivity index (χ2n) is 5.23. The van der Waals surface area contributed by atoms with Crippen LogP contribution in [0.2, 0.25) is 0 Å². The molecule has 2 aromatic rings. The van der Waals surface area contributed by atoms with E-state index in [0.29, 0.717) is 29.8 Å². The van der Waals surface area contributed by atoms with E-state index in [4.69, 9.17) is 0 Å². The van der Waals surface area contributed by atoms with Crippen molar-refractivity contribution in [3.63, 3.8) is 0 Å². The number of nitrogens with one attached hydrogen (secondary N) is 2. The summed E-state index contributed by atoms with van der Waals surface area (Å²) in [5, 5.41) is 2.70. The number of rotatable bonds is 7. The molecule has 2 rings (SSSR count). The summed E-state index contributed by atoms with van der Waals surface area (Å²) in [6.07, 6.45) is 2.86. The Balaban J connectivity index is 1.91. The molecule has 6 nitrogen and oxygen atoms in total. The Labute approximate surface area is 140 Å². The smallest absolute Gasteiger partial charge is 0.251 e. The summed E-state index contributed by atoms with van der Waals surface area (Å²) in [6, 6.07) is 9.44. The van der Waals surface area contributed by atoms with Crippen LogP contribution in [0.1, 0.15) is 21.6 Å². The zero-order valence-corrected chi connectivity index (χ0v) is 13.9. The third-order valence-electron chi connectivity index (χ3n) is 3.23. The highest BCUT2D eigenvalue weighted by Crippen LogP contribution is 2.07. The van der Waals surface area contributed by atoms with Gasteiger partial charge in [-0.2, -0.15) is 0 Å². The highest BCUT2D eigenvalue weighted by molar-refractivity contribution is 7.88. The number of pyridine rings is 1. The second-order valence-corrected chi connectivity index (χ2v) is 7.06. The fraction of sp³-hybridized carbons (Fsp3) is 0.250. The van der Waals surface area contributed by atoms with E-state index in [2.05, 4.69) is 15.0 Å². The van der Waals surface area contributed by atoms with Crippen LogP contribution in [-0.2, 0) is 23.0 Å². The first kappa shape index (κ1) is 18.0. The van der Waals surface area contributed by atoms with E-state index in [0.717, 1.165) is 6.26 Å². The van der Waals surface area contributed by atoms with Gasteiger partial charge in [0, 0.05) is 18.3 Å². The Kier molecular flexibility index (Phi) is 5.99. The van der Waals surface area contributed by atoms with Crippen LogP contribution in [0.4, 0.5) is 4.39 Å². The second kappa shape index (κ2) is 7.98. The number of nitrogens with zero attached hydrogens (tertiary/aromatic N) is 1. The monoisotopic (exact) mass is 351 g/mol. The maximum atomic E-state index is 13.5. The summed E-state index contributed by atoms with van der Waals surface area (Å²) < 4.78 is 38.0. The van der Waals surface area contributed by atoms with Crippen molar-refractivity contribution in [3.8, 4) is 0 Å². The van der Waals surface area contributed by atoms with Gasteiger partial charge >= 0.3 is 0 Å². The molecule has 1 aromatic carbocycles. The number of hydrogen-bond donors (Lipinski definition) is 2. The van der Waals surface area contributed by atoms with Crippen molar-refractivity contribution < 1.29 is 17.6 Å². The van der Waals surface area contributed by atoms with Gasteiger partial charge in [0.15, 0.2) is 0 Å². The molecule has 1 heterocycles. The highest BCUT2D eigenvalue weighted by Gasteiger charge is 2.09. The van der Waals surface area contributed by atoms with Crippen molar-refractivity contribution in [1.82, 2.24) is 15.0 Å². The molecule has 0 atom stereocenters. The minimum Gasteiger partial charge on any atom is -0.352 e. The van der Waals surface area contributed by atoms with Gasteiger partial charge in [-0.15, -0.1) is 0 Å². The molecule has 0 spiro atoms. The first-order valence-corrected chi connectivity index (χ1v) is 9.15. The van der Waals surface area contributed by atoms with Gasteiger partial charge in [-0.3, -0.25) is 9.78 Å². The lowest BCUT2D eigenvalue weighted by Gasteiger charge is -2.07. The van der Waals surface area contributed by atoms with Crippen molar-refractivity contribution in [2.24, 2.45) is 0 Å². The number of sulfonamides is 1. The third-order valence-corrected chi connectivity index (χ3v) is 3.90. The van der Waals surface area contributed by atoms with Crippen molar-refractivity contribution in [2.75, 3.05) is 12.8 Å². The van der Waals surface area contributed by atoms with Crippen LogP contribution in [0.5, 0.6) is 0 Å². The molecular weight excluding hydrogens is 333 g/mol. The van der Waals surface area contributed by atoms with Crippen LogP contribution < -0.4 is 10.0 Å². The number of carbonyl (C=O) groups is 1. The molecule has 0 unspecified atom stereocenters. The standard InChI is InChI=1S/C16H18FN3O3S/c1-24(22,23)20-11-14-10-13(7-8-18-14)16(21)19-9-6-12-4-2-3-5-15(12)17/h2-5,7-8,10,20H,6,9,11H2,1H3,(H,19,21). The van der Waals surface area contributed by atoms with Crippen LogP contribution in [0, 0.1) is 5.82 Å². The zero-order valence-electron chi connectivity index (χ0n) is 13.1. The molecule has 0 fully saturated rings. The largest absolute Gasteiger partial charge is 0.352 e.